The minimum Gasteiger partial charge on any atom is -0.460 e. The molecular weight excluding hydrogens is 384 g/mol. The Hall–Kier alpha value is -3.70. The van der Waals surface area contributed by atoms with Crippen molar-refractivity contribution >= 4 is 17.4 Å². The van der Waals surface area contributed by atoms with Crippen LogP contribution in [0, 0.1) is 11.8 Å². The third-order valence-electron chi connectivity index (χ3n) is 4.96. The Morgan fingerprint density at radius 1 is 1.40 bits per heavy atom. The van der Waals surface area contributed by atoms with E-state index in [0.29, 0.717) is 23.3 Å². The molecule has 3 aromatic rings. The fourth-order valence-corrected chi connectivity index (χ4v) is 3.38. The number of hydrogen-bond donors (Lipinski definition) is 1. The molecular formula is C22H20N4O4. The van der Waals surface area contributed by atoms with Crippen molar-refractivity contribution in [1.29, 1.82) is 0 Å². The monoisotopic (exact) mass is 404 g/mol. The number of likely N-dealkylation sites (N-methyl/N-ethyl adjacent to an activating group) is 1. The zero-order valence-electron chi connectivity index (χ0n) is 16.6. The van der Waals surface area contributed by atoms with Gasteiger partial charge < -0.3 is 14.7 Å². The smallest absolute Gasteiger partial charge is 0.374 e. The Morgan fingerprint density at radius 3 is 2.97 bits per heavy atom. The molecule has 1 atom stereocenters. The quantitative estimate of drug-likeness (QED) is 0.525. The van der Waals surface area contributed by atoms with E-state index in [4.69, 9.17) is 4.74 Å². The molecule has 1 aromatic carbocycles. The number of fused-ring (bicyclic) bond motifs is 1. The Labute approximate surface area is 173 Å². The lowest BCUT2D eigenvalue weighted by Crippen LogP contribution is -2.37. The molecule has 1 saturated heterocycles. The van der Waals surface area contributed by atoms with Gasteiger partial charge in [-0.2, -0.15) is 0 Å². The van der Waals surface area contributed by atoms with E-state index < -0.39 is 17.5 Å². The minimum atomic E-state index is -1.66. The molecule has 1 aliphatic heterocycles. The summed E-state index contributed by atoms with van der Waals surface area (Å²) in [7, 11) is 1.64. The van der Waals surface area contributed by atoms with Crippen LogP contribution in [0.4, 0.5) is 0 Å². The van der Waals surface area contributed by atoms with Crippen LogP contribution in [0.3, 0.4) is 0 Å². The van der Waals surface area contributed by atoms with Gasteiger partial charge in [-0.1, -0.05) is 24.0 Å². The highest BCUT2D eigenvalue weighted by Gasteiger charge is 2.42. The van der Waals surface area contributed by atoms with E-state index in [9.17, 15) is 14.7 Å². The number of rotatable bonds is 3. The lowest BCUT2D eigenvalue weighted by Gasteiger charge is -2.13. The van der Waals surface area contributed by atoms with Gasteiger partial charge in [0.1, 0.15) is 0 Å². The third-order valence-corrected chi connectivity index (χ3v) is 4.96. The molecule has 1 fully saturated rings. The molecule has 0 spiro atoms. The largest absolute Gasteiger partial charge is 0.460 e. The molecule has 0 unspecified atom stereocenters. The highest BCUT2D eigenvalue weighted by Crippen LogP contribution is 2.26. The second-order valence-electron chi connectivity index (χ2n) is 7.00. The molecule has 30 heavy (non-hydrogen) atoms. The van der Waals surface area contributed by atoms with Crippen LogP contribution in [0.2, 0.25) is 0 Å². The molecule has 4 rings (SSSR count). The molecule has 0 aliphatic carbocycles. The highest BCUT2D eigenvalue weighted by molar-refractivity contribution is 5.91. The van der Waals surface area contributed by atoms with Gasteiger partial charge >= 0.3 is 5.97 Å². The molecule has 1 amide bonds. The molecule has 1 N–H and O–H groups in total. The summed E-state index contributed by atoms with van der Waals surface area (Å²) in [5.41, 5.74) is 0.894. The average molecular weight is 404 g/mol. The molecule has 3 heterocycles. The van der Waals surface area contributed by atoms with Crippen LogP contribution < -0.4 is 0 Å². The topological polar surface area (TPSA) is 97.0 Å². The lowest BCUT2D eigenvalue weighted by atomic mass is 10.0. The van der Waals surface area contributed by atoms with Crippen molar-refractivity contribution in [2.24, 2.45) is 0 Å². The van der Waals surface area contributed by atoms with Crippen molar-refractivity contribution in [3.8, 4) is 23.1 Å². The number of ether oxygens (including phenoxy) is 1. The number of aliphatic hydroxyl groups is 1. The third kappa shape index (κ3) is 3.40. The molecule has 8 nitrogen and oxygen atoms in total. The number of amides is 1. The van der Waals surface area contributed by atoms with Crippen LogP contribution >= 0.6 is 0 Å². The van der Waals surface area contributed by atoms with Gasteiger partial charge in [-0.3, -0.25) is 14.2 Å². The number of esters is 1. The van der Waals surface area contributed by atoms with E-state index in [-0.39, 0.29) is 18.9 Å². The van der Waals surface area contributed by atoms with Gasteiger partial charge in [-0.25, -0.2) is 9.78 Å². The number of nitrogens with zero attached hydrogens (tertiary/aromatic N) is 4. The van der Waals surface area contributed by atoms with Gasteiger partial charge in [-0.05, 0) is 19.1 Å². The van der Waals surface area contributed by atoms with Gasteiger partial charge in [0.05, 0.1) is 24.0 Å². The van der Waals surface area contributed by atoms with Crippen molar-refractivity contribution < 1.29 is 19.4 Å². The summed E-state index contributed by atoms with van der Waals surface area (Å²) in [5, 5.41) is 10.5. The van der Waals surface area contributed by atoms with Crippen molar-refractivity contribution in [3.05, 3.63) is 54.2 Å². The molecule has 0 radical (unpaired) electrons. The summed E-state index contributed by atoms with van der Waals surface area (Å²) in [5.74, 6) is 4.86. The second-order valence-corrected chi connectivity index (χ2v) is 7.00. The fraction of sp³-hybridized carbons (Fsp3) is 0.273. The summed E-state index contributed by atoms with van der Waals surface area (Å²) in [6, 6.07) is 7.23. The maximum Gasteiger partial charge on any atom is 0.374 e. The lowest BCUT2D eigenvalue weighted by molar-refractivity contribution is -0.137. The second kappa shape index (κ2) is 7.61. The fourth-order valence-electron chi connectivity index (χ4n) is 3.38. The molecule has 152 valence electrons. The first-order valence-corrected chi connectivity index (χ1v) is 9.53. The molecule has 0 bridgehead atoms. The molecule has 1 aliphatic rings. The van der Waals surface area contributed by atoms with Crippen molar-refractivity contribution in [2.75, 3.05) is 20.2 Å². The van der Waals surface area contributed by atoms with Crippen LogP contribution in [-0.2, 0) is 9.53 Å². The first-order chi connectivity index (χ1) is 14.4. The van der Waals surface area contributed by atoms with Gasteiger partial charge in [0.15, 0.2) is 0 Å². The van der Waals surface area contributed by atoms with Crippen molar-refractivity contribution in [3.63, 3.8) is 0 Å². The standard InChI is InChI=1S/C22H20N4O4/c1-3-30-20(27)19-24-18(17-14-23-10-12-26(17)19)16-6-4-5-15(13-16)7-8-22(29)9-11-25(2)21(22)28/h4-6,10,12-14,29H,3,9,11H2,1-2H3/t22-/m0/s1. The Bertz CT molecular complexity index is 1210. The molecule has 2 aromatic heterocycles. The summed E-state index contributed by atoms with van der Waals surface area (Å²) in [6.45, 7) is 2.45. The summed E-state index contributed by atoms with van der Waals surface area (Å²) < 4.78 is 6.74. The molecule has 0 saturated carbocycles. The number of carbonyl (C=O) groups is 2. The van der Waals surface area contributed by atoms with Gasteiger partial charge in [0, 0.05) is 43.5 Å². The normalized spacial score (nSPS) is 18.4. The first-order valence-electron chi connectivity index (χ1n) is 9.53. The zero-order valence-corrected chi connectivity index (χ0v) is 16.6. The van der Waals surface area contributed by atoms with Crippen LogP contribution in [-0.4, -0.2) is 62.1 Å². The highest BCUT2D eigenvalue weighted by atomic mass is 16.5. The zero-order chi connectivity index (χ0) is 21.3. The number of aromatic nitrogens is 3. The Morgan fingerprint density at radius 2 is 2.23 bits per heavy atom. The minimum absolute atomic E-state index is 0.162. The predicted octanol–water partition coefficient (Wildman–Crippen LogP) is 1.52. The summed E-state index contributed by atoms with van der Waals surface area (Å²) >= 11 is 0. The summed E-state index contributed by atoms with van der Waals surface area (Å²) in [6.07, 6.45) is 5.12. The van der Waals surface area contributed by atoms with Crippen LogP contribution in [0.5, 0.6) is 0 Å². The van der Waals surface area contributed by atoms with Crippen LogP contribution in [0.15, 0.2) is 42.9 Å². The molecule has 8 heteroatoms. The first kappa shape index (κ1) is 19.6. The maximum atomic E-state index is 12.3. The number of imidazole rings is 1. The number of carbonyl (C=O) groups excluding carboxylic acids is 2. The van der Waals surface area contributed by atoms with E-state index in [1.165, 1.54) is 4.90 Å². The van der Waals surface area contributed by atoms with Crippen molar-refractivity contribution in [2.45, 2.75) is 18.9 Å². The predicted molar refractivity (Wildman–Crippen MR) is 108 cm³/mol. The number of hydrogen-bond acceptors (Lipinski definition) is 6. The SMILES string of the molecule is CCOC(=O)c1nc(-c2cccc(C#C[C@]3(O)CCN(C)C3=O)c2)c2cnccn12. The number of likely N-dealkylation sites (tertiary alicyclic amines) is 1. The van der Waals surface area contributed by atoms with E-state index in [1.807, 2.05) is 6.07 Å². The van der Waals surface area contributed by atoms with Gasteiger partial charge in [0.2, 0.25) is 11.4 Å². The summed E-state index contributed by atoms with van der Waals surface area (Å²) in [4.78, 5) is 34.5. The Kier molecular flexibility index (Phi) is 4.98. The van der Waals surface area contributed by atoms with Crippen LogP contribution in [0.1, 0.15) is 29.5 Å². The van der Waals surface area contributed by atoms with Crippen LogP contribution in [0.25, 0.3) is 16.8 Å². The van der Waals surface area contributed by atoms with E-state index in [0.717, 1.165) is 5.56 Å². The van der Waals surface area contributed by atoms with E-state index >= 15 is 0 Å². The average Bonchev–Trinajstić information content (AvgIpc) is 3.27. The van der Waals surface area contributed by atoms with E-state index in [1.54, 1.807) is 55.2 Å². The maximum absolute atomic E-state index is 12.3. The van der Waals surface area contributed by atoms with Gasteiger partial charge in [-0.15, -0.1) is 0 Å². The Balaban J connectivity index is 1.74. The van der Waals surface area contributed by atoms with E-state index in [2.05, 4.69) is 21.8 Å². The number of benzene rings is 1. The van der Waals surface area contributed by atoms with Gasteiger partial charge in [0.25, 0.3) is 5.91 Å². The van der Waals surface area contributed by atoms with Crippen molar-refractivity contribution in [1.82, 2.24) is 19.3 Å².